The zero-order valence-electron chi connectivity index (χ0n) is 13.1. The summed E-state index contributed by atoms with van der Waals surface area (Å²) in [5.41, 5.74) is 6.69. The third-order valence-electron chi connectivity index (χ3n) is 5.01. The summed E-state index contributed by atoms with van der Waals surface area (Å²) in [7, 11) is 0. The van der Waals surface area contributed by atoms with Gasteiger partial charge in [0.25, 0.3) is 0 Å². The number of anilines is 1. The van der Waals surface area contributed by atoms with E-state index in [4.69, 9.17) is 5.73 Å². The van der Waals surface area contributed by atoms with Gasteiger partial charge in [-0.15, -0.1) is 11.3 Å². The molecule has 2 aromatic heterocycles. The summed E-state index contributed by atoms with van der Waals surface area (Å²) in [6, 6.07) is 2.02. The van der Waals surface area contributed by atoms with Crippen LogP contribution < -0.4 is 10.6 Å². The highest BCUT2D eigenvalue weighted by molar-refractivity contribution is 7.17. The highest BCUT2D eigenvalue weighted by Crippen LogP contribution is 2.31. The normalized spacial score (nSPS) is 21.1. The number of fused-ring (bicyclic) bond motifs is 1. The zero-order valence-corrected chi connectivity index (χ0v) is 13.9. The lowest BCUT2D eigenvalue weighted by atomic mass is 9.97. The molecule has 3 heterocycles. The first kappa shape index (κ1) is 14.8. The van der Waals surface area contributed by atoms with Crippen molar-refractivity contribution < 1.29 is 4.79 Å². The minimum Gasteiger partial charge on any atom is -0.352 e. The number of nitrogens with zero attached hydrogens (tertiary/aromatic N) is 4. The average Bonchev–Trinajstić information content (AvgIpc) is 3.23. The predicted molar refractivity (Wildman–Crippen MR) is 91.6 cm³/mol. The van der Waals surface area contributed by atoms with Gasteiger partial charge in [0.15, 0.2) is 0 Å². The van der Waals surface area contributed by atoms with Crippen molar-refractivity contribution in [1.82, 2.24) is 14.9 Å². The Bertz CT molecular complexity index is 716. The molecule has 2 N–H and O–H groups in total. The smallest absolute Gasteiger partial charge is 0.242 e. The second-order valence-corrected chi connectivity index (χ2v) is 7.39. The molecule has 1 saturated carbocycles. The lowest BCUT2D eigenvalue weighted by molar-refractivity contribution is -0.137. The number of thiophene rings is 1. The lowest BCUT2D eigenvalue weighted by Crippen LogP contribution is -2.58. The van der Waals surface area contributed by atoms with Crippen LogP contribution in [0.4, 0.5) is 5.82 Å². The van der Waals surface area contributed by atoms with Crippen LogP contribution in [-0.4, -0.2) is 52.5 Å². The molecule has 0 atom stereocenters. The Hall–Kier alpha value is -1.73. The number of rotatable bonds is 2. The van der Waals surface area contributed by atoms with Gasteiger partial charge in [-0.05, 0) is 24.3 Å². The van der Waals surface area contributed by atoms with Gasteiger partial charge in [0.2, 0.25) is 5.91 Å². The molecule has 1 aliphatic carbocycles. The molecule has 0 unspecified atom stereocenters. The molecule has 0 radical (unpaired) electrons. The van der Waals surface area contributed by atoms with Gasteiger partial charge in [-0.2, -0.15) is 0 Å². The van der Waals surface area contributed by atoms with E-state index >= 15 is 0 Å². The third-order valence-corrected chi connectivity index (χ3v) is 5.91. The van der Waals surface area contributed by atoms with Gasteiger partial charge in [0, 0.05) is 26.2 Å². The highest BCUT2D eigenvalue weighted by atomic mass is 32.1. The van der Waals surface area contributed by atoms with E-state index in [9.17, 15) is 4.79 Å². The van der Waals surface area contributed by atoms with Crippen molar-refractivity contribution in [3.63, 3.8) is 0 Å². The molecule has 0 bridgehead atoms. The zero-order chi connectivity index (χ0) is 15.9. The summed E-state index contributed by atoms with van der Waals surface area (Å²) in [6.45, 7) is 3.03. The van der Waals surface area contributed by atoms with Gasteiger partial charge >= 0.3 is 0 Å². The summed E-state index contributed by atoms with van der Waals surface area (Å²) in [4.78, 5) is 25.6. The van der Waals surface area contributed by atoms with Crippen LogP contribution in [0.5, 0.6) is 0 Å². The van der Waals surface area contributed by atoms with Gasteiger partial charge < -0.3 is 15.5 Å². The van der Waals surface area contributed by atoms with Gasteiger partial charge in [-0.25, -0.2) is 9.97 Å². The van der Waals surface area contributed by atoms with Crippen LogP contribution in [0.2, 0.25) is 0 Å². The molecule has 2 aromatic rings. The Balaban J connectivity index is 1.47. The summed E-state index contributed by atoms with van der Waals surface area (Å²) in [5.74, 6) is 1.12. The lowest BCUT2D eigenvalue weighted by Gasteiger charge is -2.38. The highest BCUT2D eigenvalue weighted by Gasteiger charge is 2.40. The fraction of sp³-hybridized carbons (Fsp3) is 0.562. The average molecular weight is 331 g/mol. The number of piperazine rings is 1. The predicted octanol–water partition coefficient (Wildman–Crippen LogP) is 1.61. The van der Waals surface area contributed by atoms with Crippen LogP contribution in [0, 0.1) is 0 Å². The van der Waals surface area contributed by atoms with E-state index in [0.717, 1.165) is 54.8 Å². The molecule has 122 valence electrons. The van der Waals surface area contributed by atoms with E-state index < -0.39 is 5.54 Å². The molecule has 4 rings (SSSR count). The first-order valence-corrected chi connectivity index (χ1v) is 9.07. The van der Waals surface area contributed by atoms with Gasteiger partial charge in [0.05, 0.1) is 15.8 Å². The first-order valence-electron chi connectivity index (χ1n) is 8.19. The molecule has 2 fully saturated rings. The standard InChI is InChI=1S/C16H21N5OS/c17-16(4-1-2-5-16)15(22)21-8-6-20(7-9-21)14-13-12(3-10-23-13)18-11-19-14/h3,10-11H,1-2,4-9,17H2. The molecule has 0 spiro atoms. The summed E-state index contributed by atoms with van der Waals surface area (Å²) in [6.07, 6.45) is 5.41. The quantitative estimate of drug-likeness (QED) is 0.905. The molecular formula is C16H21N5OS. The topological polar surface area (TPSA) is 75.4 Å². The van der Waals surface area contributed by atoms with Gasteiger partial charge in [-0.1, -0.05) is 12.8 Å². The molecule has 1 saturated heterocycles. The Morgan fingerprint density at radius 1 is 1.17 bits per heavy atom. The van der Waals surface area contributed by atoms with Crippen LogP contribution in [-0.2, 0) is 4.79 Å². The van der Waals surface area contributed by atoms with Crippen molar-refractivity contribution in [1.29, 1.82) is 0 Å². The number of carbonyl (C=O) groups is 1. The van der Waals surface area contributed by atoms with E-state index in [-0.39, 0.29) is 5.91 Å². The minimum atomic E-state index is -0.613. The molecule has 23 heavy (non-hydrogen) atoms. The summed E-state index contributed by atoms with van der Waals surface area (Å²) >= 11 is 1.67. The maximum Gasteiger partial charge on any atom is 0.242 e. The molecule has 7 heteroatoms. The van der Waals surface area contributed by atoms with E-state index in [1.807, 2.05) is 16.3 Å². The molecule has 0 aromatic carbocycles. The van der Waals surface area contributed by atoms with Gasteiger partial charge in [0.1, 0.15) is 12.1 Å². The third kappa shape index (κ3) is 2.57. The van der Waals surface area contributed by atoms with E-state index in [2.05, 4.69) is 14.9 Å². The number of hydrogen-bond acceptors (Lipinski definition) is 6. The number of carbonyl (C=O) groups excluding carboxylic acids is 1. The molecule has 2 aliphatic rings. The Morgan fingerprint density at radius 2 is 1.91 bits per heavy atom. The maximum atomic E-state index is 12.7. The van der Waals surface area contributed by atoms with Crippen molar-refractivity contribution in [3.8, 4) is 0 Å². The molecule has 1 amide bonds. The monoisotopic (exact) mass is 331 g/mol. The second-order valence-electron chi connectivity index (χ2n) is 6.47. The van der Waals surface area contributed by atoms with Crippen LogP contribution >= 0.6 is 11.3 Å². The minimum absolute atomic E-state index is 0.138. The van der Waals surface area contributed by atoms with Crippen LogP contribution in [0.3, 0.4) is 0 Å². The summed E-state index contributed by atoms with van der Waals surface area (Å²) in [5, 5.41) is 2.04. The van der Waals surface area contributed by atoms with E-state index in [0.29, 0.717) is 13.1 Å². The number of hydrogen-bond donors (Lipinski definition) is 1. The molecular weight excluding hydrogens is 310 g/mol. The number of amides is 1. The fourth-order valence-corrected chi connectivity index (χ4v) is 4.52. The van der Waals surface area contributed by atoms with Crippen molar-refractivity contribution >= 4 is 33.3 Å². The van der Waals surface area contributed by atoms with Crippen molar-refractivity contribution in [3.05, 3.63) is 17.8 Å². The van der Waals surface area contributed by atoms with Crippen LogP contribution in [0.15, 0.2) is 17.8 Å². The maximum absolute atomic E-state index is 12.7. The van der Waals surface area contributed by atoms with Crippen molar-refractivity contribution in [2.75, 3.05) is 31.1 Å². The number of nitrogens with two attached hydrogens (primary N) is 1. The SMILES string of the molecule is NC1(C(=O)N2CCN(c3ncnc4ccsc34)CC2)CCCC1. The Kier molecular flexibility index (Phi) is 3.69. The van der Waals surface area contributed by atoms with Crippen molar-refractivity contribution in [2.24, 2.45) is 5.73 Å². The Morgan fingerprint density at radius 3 is 2.65 bits per heavy atom. The Labute approximate surface area is 139 Å². The first-order chi connectivity index (χ1) is 11.2. The molecule has 6 nitrogen and oxygen atoms in total. The fourth-order valence-electron chi connectivity index (χ4n) is 3.66. The summed E-state index contributed by atoms with van der Waals surface area (Å²) < 4.78 is 1.12. The van der Waals surface area contributed by atoms with Crippen molar-refractivity contribution in [2.45, 2.75) is 31.2 Å². The van der Waals surface area contributed by atoms with Crippen LogP contribution in [0.1, 0.15) is 25.7 Å². The number of aromatic nitrogens is 2. The largest absolute Gasteiger partial charge is 0.352 e. The second kappa shape index (κ2) is 5.72. The van der Waals surface area contributed by atoms with Crippen LogP contribution in [0.25, 0.3) is 10.2 Å². The van der Waals surface area contributed by atoms with E-state index in [1.54, 1.807) is 17.7 Å². The van der Waals surface area contributed by atoms with Gasteiger partial charge in [-0.3, -0.25) is 4.79 Å². The van der Waals surface area contributed by atoms with E-state index in [1.165, 1.54) is 0 Å². The molecule has 1 aliphatic heterocycles.